The Morgan fingerprint density at radius 2 is 1.84 bits per heavy atom. The number of nitrogen functional groups attached to an aromatic ring is 1. The molecule has 10 nitrogen and oxygen atoms in total. The summed E-state index contributed by atoms with van der Waals surface area (Å²) in [5, 5.41) is 7.43. The van der Waals surface area contributed by atoms with Gasteiger partial charge in [-0.25, -0.2) is 27.5 Å². The van der Waals surface area contributed by atoms with Crippen molar-refractivity contribution >= 4 is 37.8 Å². The summed E-state index contributed by atoms with van der Waals surface area (Å²) >= 11 is 0. The lowest BCUT2D eigenvalue weighted by molar-refractivity contribution is 0.586. The van der Waals surface area contributed by atoms with Gasteiger partial charge in [0.1, 0.15) is 11.3 Å². The largest absolute Gasteiger partial charge is 0.397 e. The van der Waals surface area contributed by atoms with Gasteiger partial charge in [-0.3, -0.25) is 10.1 Å². The average Bonchev–Trinajstić information content (AvgIpc) is 3.50. The van der Waals surface area contributed by atoms with E-state index in [1.807, 2.05) is 30.3 Å². The van der Waals surface area contributed by atoms with Crippen LogP contribution in [-0.2, 0) is 16.6 Å². The van der Waals surface area contributed by atoms with E-state index in [0.29, 0.717) is 50.6 Å². The van der Waals surface area contributed by atoms with Crippen molar-refractivity contribution in [1.29, 1.82) is 0 Å². The molecule has 0 aliphatic rings. The molecule has 6 aromatic rings. The predicted molar refractivity (Wildman–Crippen MR) is 144 cm³/mol. The van der Waals surface area contributed by atoms with Crippen molar-refractivity contribution in [2.45, 2.75) is 6.54 Å². The summed E-state index contributed by atoms with van der Waals surface area (Å²) in [6.07, 6.45) is 4.32. The van der Waals surface area contributed by atoms with Gasteiger partial charge >= 0.3 is 0 Å². The maximum Gasteiger partial charge on any atom is 0.209 e. The van der Waals surface area contributed by atoms with Gasteiger partial charge in [0.2, 0.25) is 10.0 Å². The number of anilines is 1. The lowest BCUT2D eigenvalue weighted by Gasteiger charge is -2.08. The Labute approximate surface area is 216 Å². The molecule has 0 spiro atoms. The van der Waals surface area contributed by atoms with Crippen molar-refractivity contribution in [2.75, 3.05) is 12.0 Å². The first-order valence-electron chi connectivity index (χ1n) is 11.5. The molecule has 38 heavy (non-hydrogen) atoms. The molecule has 2 aromatic carbocycles. The first-order valence-corrected chi connectivity index (χ1v) is 13.4. The highest BCUT2D eigenvalue weighted by Gasteiger charge is 2.17. The lowest BCUT2D eigenvalue weighted by Crippen LogP contribution is -2.21. The third-order valence-electron chi connectivity index (χ3n) is 6.01. The summed E-state index contributed by atoms with van der Waals surface area (Å²) in [4.78, 5) is 17.0. The Morgan fingerprint density at radius 3 is 2.66 bits per heavy atom. The number of nitrogens with one attached hydrogen (secondary N) is 3. The minimum Gasteiger partial charge on any atom is -0.397 e. The molecule has 0 atom stereocenters. The highest BCUT2D eigenvalue weighted by Crippen LogP contribution is 2.32. The second kappa shape index (κ2) is 9.01. The lowest BCUT2D eigenvalue weighted by atomic mass is 10.0. The maximum atomic E-state index is 14.5. The van der Waals surface area contributed by atoms with Crippen molar-refractivity contribution < 1.29 is 12.8 Å². The van der Waals surface area contributed by atoms with Crippen LogP contribution < -0.4 is 10.5 Å². The van der Waals surface area contributed by atoms with Crippen LogP contribution in [-0.4, -0.2) is 44.8 Å². The van der Waals surface area contributed by atoms with Crippen molar-refractivity contribution in [3.05, 3.63) is 78.4 Å². The third kappa shape index (κ3) is 4.58. The second-order valence-corrected chi connectivity index (χ2v) is 10.7. The van der Waals surface area contributed by atoms with Crippen LogP contribution in [0.25, 0.3) is 56.0 Å². The molecule has 0 saturated carbocycles. The first-order chi connectivity index (χ1) is 18.2. The molecular formula is C26H21FN8O2S. The number of imidazole rings is 1. The number of nitrogens with two attached hydrogens (primary N) is 1. The first kappa shape index (κ1) is 23.7. The number of H-pyrrole nitrogens is 2. The zero-order valence-electron chi connectivity index (χ0n) is 20.0. The van der Waals surface area contributed by atoms with Crippen molar-refractivity contribution in [3.63, 3.8) is 0 Å². The van der Waals surface area contributed by atoms with Crippen molar-refractivity contribution in [2.24, 2.45) is 0 Å². The van der Waals surface area contributed by atoms with E-state index >= 15 is 0 Å². The smallest absolute Gasteiger partial charge is 0.209 e. The quantitative estimate of drug-likeness (QED) is 0.255. The topological polar surface area (TPSA) is 155 Å². The molecule has 0 aliphatic heterocycles. The summed E-state index contributed by atoms with van der Waals surface area (Å²) in [6.45, 7) is -0.0266. The number of rotatable bonds is 6. The van der Waals surface area contributed by atoms with Crippen LogP contribution in [0, 0.1) is 5.82 Å². The van der Waals surface area contributed by atoms with Gasteiger partial charge in [-0.2, -0.15) is 5.10 Å². The molecule has 0 fully saturated rings. The molecule has 5 N–H and O–H groups in total. The number of pyridine rings is 2. The zero-order chi connectivity index (χ0) is 26.4. The fourth-order valence-electron chi connectivity index (χ4n) is 4.32. The van der Waals surface area contributed by atoms with E-state index in [-0.39, 0.29) is 6.54 Å². The van der Waals surface area contributed by atoms with E-state index < -0.39 is 15.8 Å². The third-order valence-corrected chi connectivity index (χ3v) is 6.68. The predicted octanol–water partition coefficient (Wildman–Crippen LogP) is 4.00. The molecule has 0 aliphatic carbocycles. The summed E-state index contributed by atoms with van der Waals surface area (Å²) in [6, 6.07) is 15.5. The Balaban J connectivity index is 1.43. The van der Waals surface area contributed by atoms with Gasteiger partial charge in [-0.1, -0.05) is 12.1 Å². The Bertz CT molecular complexity index is 1950. The fourth-order valence-corrected chi connectivity index (χ4v) is 4.75. The molecule has 0 amide bonds. The number of para-hydroxylation sites is 1. The number of fused-ring (bicyclic) bond motifs is 2. The molecule has 0 radical (unpaired) electrons. The van der Waals surface area contributed by atoms with Crippen LogP contribution in [0.5, 0.6) is 0 Å². The molecular weight excluding hydrogens is 507 g/mol. The average molecular weight is 529 g/mol. The maximum absolute atomic E-state index is 14.5. The zero-order valence-corrected chi connectivity index (χ0v) is 20.8. The minimum atomic E-state index is -3.43. The van der Waals surface area contributed by atoms with E-state index in [1.54, 1.807) is 24.5 Å². The molecule has 4 aromatic heterocycles. The summed E-state index contributed by atoms with van der Waals surface area (Å²) < 4.78 is 39.9. The van der Waals surface area contributed by atoms with Gasteiger partial charge < -0.3 is 10.7 Å². The molecule has 0 bridgehead atoms. The van der Waals surface area contributed by atoms with Gasteiger partial charge in [0, 0.05) is 30.1 Å². The highest BCUT2D eigenvalue weighted by atomic mass is 32.2. The van der Waals surface area contributed by atoms with Gasteiger partial charge in [0.05, 0.1) is 34.2 Å². The van der Waals surface area contributed by atoms with Crippen LogP contribution in [0.4, 0.5) is 10.1 Å². The van der Waals surface area contributed by atoms with Crippen LogP contribution in [0.3, 0.4) is 0 Å². The SMILES string of the molecule is CS(=O)(=O)NCc1cc(F)cc(-c2cccc3[nH]c(-c4n[nH]c5ccc(-c6cncc(N)c6)nc45)nc23)c1. The number of sulfonamides is 1. The van der Waals surface area contributed by atoms with Gasteiger partial charge in [-0.15, -0.1) is 0 Å². The number of hydrogen-bond donors (Lipinski definition) is 4. The Hall–Kier alpha value is -4.68. The van der Waals surface area contributed by atoms with Crippen molar-refractivity contribution in [3.8, 4) is 33.9 Å². The molecule has 12 heteroatoms. The number of nitrogens with zero attached hydrogens (tertiary/aromatic N) is 4. The molecule has 4 heterocycles. The number of aromatic amines is 2. The van der Waals surface area contributed by atoms with E-state index in [2.05, 4.69) is 24.9 Å². The van der Waals surface area contributed by atoms with Crippen molar-refractivity contribution in [1.82, 2.24) is 34.9 Å². The Morgan fingerprint density at radius 1 is 0.974 bits per heavy atom. The summed E-state index contributed by atoms with van der Waals surface area (Å²) in [5.41, 5.74) is 12.8. The molecule has 0 unspecified atom stereocenters. The number of benzene rings is 2. The second-order valence-electron chi connectivity index (χ2n) is 8.90. The monoisotopic (exact) mass is 528 g/mol. The van der Waals surface area contributed by atoms with Crippen LogP contribution >= 0.6 is 0 Å². The highest BCUT2D eigenvalue weighted by molar-refractivity contribution is 7.88. The molecule has 190 valence electrons. The number of aromatic nitrogens is 6. The van der Waals surface area contributed by atoms with Crippen LogP contribution in [0.2, 0.25) is 0 Å². The standard InChI is InChI=1S/C26H21FN8O2S/c1-38(36,37)30-11-14-7-15(9-17(27)8-14)19-3-2-4-21-23(19)33-26(32-21)25-24-22(34-35-25)6-5-20(31-24)16-10-18(28)13-29-12-16/h2-10,12-13,30H,11,28H2,1H3,(H,32,33)(H,34,35). The normalized spacial score (nSPS) is 11.9. The summed E-state index contributed by atoms with van der Waals surface area (Å²) in [5.74, 6) is 0.0102. The van der Waals surface area contributed by atoms with Gasteiger partial charge in [0.25, 0.3) is 0 Å². The number of hydrogen-bond acceptors (Lipinski definition) is 7. The summed E-state index contributed by atoms with van der Waals surface area (Å²) in [7, 11) is -3.43. The molecule has 6 rings (SSSR count). The van der Waals surface area contributed by atoms with Crippen LogP contribution in [0.1, 0.15) is 5.56 Å². The Kier molecular flexibility index (Phi) is 5.62. The van der Waals surface area contributed by atoms with Gasteiger partial charge in [0.15, 0.2) is 11.5 Å². The van der Waals surface area contributed by atoms with E-state index in [9.17, 15) is 12.8 Å². The van der Waals surface area contributed by atoms with E-state index in [4.69, 9.17) is 15.7 Å². The van der Waals surface area contributed by atoms with Crippen LogP contribution in [0.15, 0.2) is 67.0 Å². The fraction of sp³-hybridized carbons (Fsp3) is 0.0769. The minimum absolute atomic E-state index is 0.0266. The number of halogens is 1. The van der Waals surface area contributed by atoms with E-state index in [1.165, 1.54) is 12.1 Å². The van der Waals surface area contributed by atoms with Gasteiger partial charge in [-0.05, 0) is 53.6 Å². The molecule has 0 saturated heterocycles. The van der Waals surface area contributed by atoms with E-state index in [0.717, 1.165) is 22.9 Å².